The molecule has 0 amide bonds. The van der Waals surface area contributed by atoms with E-state index in [0.29, 0.717) is 0 Å². The molecule has 0 aliphatic carbocycles. The molecular weight excluding hydrogens is 270 g/mol. The summed E-state index contributed by atoms with van der Waals surface area (Å²) in [4.78, 5) is 2.72. The standard InChI is InChI=1S/C19H41N3/c20-14-12-15-21-16-13-19-22-17-10-8-6-4-2-1-3-5-7-9-11-18-22/h21H,1-20H2. The van der Waals surface area contributed by atoms with E-state index in [9.17, 15) is 0 Å². The number of hydrogen-bond acceptors (Lipinski definition) is 3. The number of rotatable bonds is 7. The normalized spacial score (nSPS) is 20.6. The van der Waals surface area contributed by atoms with Crippen molar-refractivity contribution >= 4 is 0 Å². The number of nitrogens with zero attached hydrogens (tertiary/aromatic N) is 1. The summed E-state index contributed by atoms with van der Waals surface area (Å²) in [6.45, 7) is 6.95. The second kappa shape index (κ2) is 15.8. The molecule has 22 heavy (non-hydrogen) atoms. The van der Waals surface area contributed by atoms with Gasteiger partial charge in [-0.1, -0.05) is 57.8 Å². The largest absolute Gasteiger partial charge is 0.330 e. The summed E-state index contributed by atoms with van der Waals surface area (Å²) >= 11 is 0. The van der Waals surface area contributed by atoms with Gasteiger partial charge in [-0.15, -0.1) is 0 Å². The molecule has 1 aliphatic rings. The van der Waals surface area contributed by atoms with Gasteiger partial charge in [0.1, 0.15) is 0 Å². The van der Waals surface area contributed by atoms with E-state index in [4.69, 9.17) is 5.73 Å². The molecule has 1 saturated heterocycles. The smallest absolute Gasteiger partial charge is 0.000664 e. The van der Waals surface area contributed by atoms with Crippen LogP contribution in [0.3, 0.4) is 0 Å². The van der Waals surface area contributed by atoms with Crippen LogP contribution < -0.4 is 11.1 Å². The van der Waals surface area contributed by atoms with E-state index < -0.39 is 0 Å². The lowest BCUT2D eigenvalue weighted by Crippen LogP contribution is -2.30. The highest BCUT2D eigenvalue weighted by molar-refractivity contribution is 4.62. The Morgan fingerprint density at radius 1 is 0.636 bits per heavy atom. The van der Waals surface area contributed by atoms with Crippen LogP contribution in [0, 0.1) is 0 Å². The quantitative estimate of drug-likeness (QED) is 0.700. The van der Waals surface area contributed by atoms with Crippen LogP contribution in [0.4, 0.5) is 0 Å². The van der Waals surface area contributed by atoms with Crippen molar-refractivity contribution < 1.29 is 0 Å². The molecule has 0 bridgehead atoms. The predicted molar refractivity (Wildman–Crippen MR) is 98.4 cm³/mol. The Kier molecular flexibility index (Phi) is 14.3. The van der Waals surface area contributed by atoms with Gasteiger partial charge < -0.3 is 16.0 Å². The molecule has 1 heterocycles. The monoisotopic (exact) mass is 311 g/mol. The number of nitrogens with two attached hydrogens (primary N) is 1. The van der Waals surface area contributed by atoms with Gasteiger partial charge in [-0.25, -0.2) is 0 Å². The summed E-state index contributed by atoms with van der Waals surface area (Å²) in [6, 6.07) is 0. The fourth-order valence-electron chi connectivity index (χ4n) is 3.38. The average Bonchev–Trinajstić information content (AvgIpc) is 2.54. The topological polar surface area (TPSA) is 41.3 Å². The Labute approximate surface area is 139 Å². The third-order valence-corrected chi connectivity index (χ3v) is 4.83. The van der Waals surface area contributed by atoms with Gasteiger partial charge >= 0.3 is 0 Å². The maximum Gasteiger partial charge on any atom is -0.000664 e. The van der Waals surface area contributed by atoms with Gasteiger partial charge in [0.05, 0.1) is 0 Å². The number of hydrogen-bond donors (Lipinski definition) is 2. The molecule has 0 unspecified atom stereocenters. The van der Waals surface area contributed by atoms with Gasteiger partial charge in [-0.05, 0) is 65.0 Å². The van der Waals surface area contributed by atoms with E-state index in [1.807, 2.05) is 0 Å². The van der Waals surface area contributed by atoms with Gasteiger partial charge in [0, 0.05) is 0 Å². The van der Waals surface area contributed by atoms with E-state index >= 15 is 0 Å². The Bertz CT molecular complexity index is 207. The van der Waals surface area contributed by atoms with Crippen molar-refractivity contribution in [2.24, 2.45) is 5.73 Å². The zero-order chi connectivity index (χ0) is 15.7. The van der Waals surface area contributed by atoms with Crippen LogP contribution in [0.2, 0.25) is 0 Å². The lowest BCUT2D eigenvalue weighted by molar-refractivity contribution is 0.255. The molecule has 0 aromatic rings. The lowest BCUT2D eigenvalue weighted by Gasteiger charge is -2.22. The molecule has 1 fully saturated rings. The molecule has 1 rings (SSSR count). The molecule has 132 valence electrons. The average molecular weight is 312 g/mol. The predicted octanol–water partition coefficient (Wildman–Crippen LogP) is 3.92. The first-order chi connectivity index (χ1) is 10.9. The van der Waals surface area contributed by atoms with Crippen LogP contribution in [0.5, 0.6) is 0 Å². The Hall–Kier alpha value is -0.120. The second-order valence-corrected chi connectivity index (χ2v) is 6.98. The van der Waals surface area contributed by atoms with Crippen LogP contribution in [-0.4, -0.2) is 44.2 Å². The van der Waals surface area contributed by atoms with E-state index in [-0.39, 0.29) is 0 Å². The fourth-order valence-corrected chi connectivity index (χ4v) is 3.38. The molecule has 0 aromatic carbocycles. The Morgan fingerprint density at radius 3 is 1.59 bits per heavy atom. The molecule has 0 atom stereocenters. The lowest BCUT2D eigenvalue weighted by atomic mass is 10.0. The molecule has 0 spiro atoms. The van der Waals surface area contributed by atoms with Gasteiger partial charge in [-0.2, -0.15) is 0 Å². The first-order valence-electron chi connectivity index (χ1n) is 10.1. The summed E-state index contributed by atoms with van der Waals surface area (Å²) in [5.41, 5.74) is 5.52. The first kappa shape index (κ1) is 19.9. The summed E-state index contributed by atoms with van der Waals surface area (Å²) in [5, 5.41) is 3.50. The van der Waals surface area contributed by atoms with Crippen molar-refractivity contribution in [3.8, 4) is 0 Å². The van der Waals surface area contributed by atoms with Crippen LogP contribution >= 0.6 is 0 Å². The Balaban J connectivity index is 2.13. The van der Waals surface area contributed by atoms with Gasteiger partial charge in [0.15, 0.2) is 0 Å². The third kappa shape index (κ3) is 12.4. The van der Waals surface area contributed by atoms with Crippen LogP contribution in [0.25, 0.3) is 0 Å². The minimum atomic E-state index is 0.805. The van der Waals surface area contributed by atoms with Gasteiger partial charge in [0.25, 0.3) is 0 Å². The molecule has 0 radical (unpaired) electrons. The third-order valence-electron chi connectivity index (χ3n) is 4.83. The molecule has 0 aromatic heterocycles. The maximum absolute atomic E-state index is 5.52. The van der Waals surface area contributed by atoms with E-state index in [2.05, 4.69) is 10.2 Å². The fraction of sp³-hybridized carbons (Fsp3) is 1.00. The van der Waals surface area contributed by atoms with Gasteiger partial charge in [-0.3, -0.25) is 0 Å². The zero-order valence-corrected chi connectivity index (χ0v) is 15.0. The van der Waals surface area contributed by atoms with Crippen molar-refractivity contribution in [2.45, 2.75) is 83.5 Å². The summed E-state index contributed by atoms with van der Waals surface area (Å²) in [7, 11) is 0. The first-order valence-corrected chi connectivity index (χ1v) is 10.1. The highest BCUT2D eigenvalue weighted by Crippen LogP contribution is 2.13. The molecule has 0 saturated carbocycles. The van der Waals surface area contributed by atoms with Crippen molar-refractivity contribution in [3.63, 3.8) is 0 Å². The highest BCUT2D eigenvalue weighted by atomic mass is 15.1. The minimum Gasteiger partial charge on any atom is -0.330 e. The van der Waals surface area contributed by atoms with Crippen LogP contribution in [-0.2, 0) is 0 Å². The molecule has 1 aliphatic heterocycles. The highest BCUT2D eigenvalue weighted by Gasteiger charge is 2.05. The van der Waals surface area contributed by atoms with Crippen LogP contribution in [0.15, 0.2) is 0 Å². The Morgan fingerprint density at radius 2 is 1.09 bits per heavy atom. The van der Waals surface area contributed by atoms with E-state index in [0.717, 1.165) is 26.1 Å². The van der Waals surface area contributed by atoms with Crippen molar-refractivity contribution in [2.75, 3.05) is 39.3 Å². The van der Waals surface area contributed by atoms with Gasteiger partial charge in [0.2, 0.25) is 0 Å². The minimum absolute atomic E-state index is 0.805. The van der Waals surface area contributed by atoms with E-state index in [1.165, 1.54) is 96.7 Å². The SMILES string of the molecule is NCCCNCCCN1CCCCCCCCCCCCC1. The second-order valence-electron chi connectivity index (χ2n) is 6.98. The van der Waals surface area contributed by atoms with Crippen LogP contribution in [0.1, 0.15) is 83.5 Å². The summed E-state index contributed by atoms with van der Waals surface area (Å²) in [5.74, 6) is 0. The molecular formula is C19H41N3. The summed E-state index contributed by atoms with van der Waals surface area (Å²) < 4.78 is 0. The molecule has 3 nitrogen and oxygen atoms in total. The number of nitrogens with one attached hydrogen (secondary N) is 1. The molecule has 3 heteroatoms. The molecule has 3 N–H and O–H groups in total. The summed E-state index contributed by atoms with van der Waals surface area (Å²) in [6.07, 6.45) is 18.3. The maximum atomic E-state index is 5.52. The van der Waals surface area contributed by atoms with E-state index in [1.54, 1.807) is 0 Å². The van der Waals surface area contributed by atoms with Crippen molar-refractivity contribution in [1.82, 2.24) is 10.2 Å². The van der Waals surface area contributed by atoms with Crippen molar-refractivity contribution in [1.29, 1.82) is 0 Å². The zero-order valence-electron chi connectivity index (χ0n) is 15.0. The van der Waals surface area contributed by atoms with Crippen molar-refractivity contribution in [3.05, 3.63) is 0 Å².